The average molecular weight is 354 g/mol. The highest BCUT2D eigenvalue weighted by molar-refractivity contribution is 9.10. The maximum absolute atomic E-state index is 13.8. The summed E-state index contributed by atoms with van der Waals surface area (Å²) in [6.45, 7) is 0. The van der Waals surface area contributed by atoms with Crippen LogP contribution in [0.3, 0.4) is 0 Å². The molecule has 0 saturated heterocycles. The Bertz CT molecular complexity index is 831. The van der Waals surface area contributed by atoms with Gasteiger partial charge in [-0.15, -0.1) is 0 Å². The fourth-order valence-corrected chi connectivity index (χ4v) is 2.62. The van der Waals surface area contributed by atoms with E-state index in [1.807, 2.05) is 0 Å². The van der Waals surface area contributed by atoms with Crippen LogP contribution >= 0.6 is 27.5 Å². The van der Waals surface area contributed by atoms with Crippen molar-refractivity contribution < 1.29 is 9.18 Å². The number of benzene rings is 1. The first-order valence-corrected chi connectivity index (χ1v) is 6.86. The van der Waals surface area contributed by atoms with Crippen LogP contribution in [0.4, 0.5) is 4.39 Å². The summed E-state index contributed by atoms with van der Waals surface area (Å²) in [6.07, 6.45) is 3.03. The summed E-state index contributed by atoms with van der Waals surface area (Å²) in [5.74, 6) is -1.02. The maximum atomic E-state index is 13.8. The molecule has 0 saturated carbocycles. The third kappa shape index (κ3) is 2.13. The molecule has 0 aliphatic carbocycles. The minimum absolute atomic E-state index is 0.0137. The molecule has 0 bridgehead atoms. The van der Waals surface area contributed by atoms with Gasteiger partial charge in [0, 0.05) is 22.3 Å². The van der Waals surface area contributed by atoms with E-state index >= 15 is 0 Å². The van der Waals surface area contributed by atoms with Crippen molar-refractivity contribution in [1.29, 1.82) is 0 Å². The van der Waals surface area contributed by atoms with Gasteiger partial charge in [0.05, 0.1) is 16.1 Å². The SMILES string of the molecule is O=C(c1cc(Br)ccc1F)c1c[nH]c2nccc(Cl)c12. The molecular weight excluding hydrogens is 347 g/mol. The maximum Gasteiger partial charge on any atom is 0.198 e. The number of aromatic amines is 1. The topological polar surface area (TPSA) is 45.8 Å². The number of fused-ring (bicyclic) bond motifs is 1. The van der Waals surface area contributed by atoms with Gasteiger partial charge < -0.3 is 4.98 Å². The highest BCUT2D eigenvalue weighted by Crippen LogP contribution is 2.28. The summed E-state index contributed by atoms with van der Waals surface area (Å²) in [4.78, 5) is 19.4. The Morgan fingerprint density at radius 3 is 2.90 bits per heavy atom. The lowest BCUT2D eigenvalue weighted by Gasteiger charge is -2.03. The molecule has 0 fully saturated rings. The molecule has 0 radical (unpaired) electrons. The van der Waals surface area contributed by atoms with Gasteiger partial charge in [0.15, 0.2) is 5.78 Å². The van der Waals surface area contributed by atoms with E-state index in [2.05, 4.69) is 25.9 Å². The van der Waals surface area contributed by atoms with Crippen molar-refractivity contribution in [3.63, 3.8) is 0 Å². The molecule has 1 N–H and O–H groups in total. The number of ketones is 1. The van der Waals surface area contributed by atoms with E-state index in [1.54, 1.807) is 6.07 Å². The van der Waals surface area contributed by atoms with E-state index < -0.39 is 11.6 Å². The van der Waals surface area contributed by atoms with E-state index in [-0.39, 0.29) is 5.56 Å². The third-order valence-electron chi connectivity index (χ3n) is 2.94. The summed E-state index contributed by atoms with van der Waals surface area (Å²) in [5.41, 5.74) is 0.784. The van der Waals surface area contributed by atoms with Crippen LogP contribution in [0.2, 0.25) is 5.02 Å². The number of pyridine rings is 1. The Balaban J connectivity index is 2.21. The minimum Gasteiger partial charge on any atom is -0.345 e. The van der Waals surface area contributed by atoms with Crippen LogP contribution in [0.5, 0.6) is 0 Å². The van der Waals surface area contributed by atoms with Crippen molar-refractivity contribution >= 4 is 44.3 Å². The second kappa shape index (κ2) is 5.00. The summed E-state index contributed by atoms with van der Waals surface area (Å²) in [6, 6.07) is 5.81. The van der Waals surface area contributed by atoms with Gasteiger partial charge in [-0.3, -0.25) is 4.79 Å². The van der Waals surface area contributed by atoms with Crippen molar-refractivity contribution in [1.82, 2.24) is 9.97 Å². The molecule has 0 atom stereocenters. The smallest absolute Gasteiger partial charge is 0.198 e. The predicted molar refractivity (Wildman–Crippen MR) is 78.6 cm³/mol. The molecule has 0 spiro atoms. The Morgan fingerprint density at radius 2 is 2.10 bits per heavy atom. The van der Waals surface area contributed by atoms with E-state index in [0.29, 0.717) is 26.1 Å². The fourth-order valence-electron chi connectivity index (χ4n) is 2.01. The highest BCUT2D eigenvalue weighted by atomic mass is 79.9. The quantitative estimate of drug-likeness (QED) is 0.696. The lowest BCUT2D eigenvalue weighted by Crippen LogP contribution is -2.03. The molecule has 100 valence electrons. The minimum atomic E-state index is -0.576. The van der Waals surface area contributed by atoms with Crippen LogP contribution in [0.1, 0.15) is 15.9 Å². The van der Waals surface area contributed by atoms with Crippen LogP contribution in [-0.2, 0) is 0 Å². The van der Waals surface area contributed by atoms with Crippen molar-refractivity contribution in [2.75, 3.05) is 0 Å². The number of nitrogens with one attached hydrogen (secondary N) is 1. The number of rotatable bonds is 2. The fraction of sp³-hybridized carbons (Fsp3) is 0. The van der Waals surface area contributed by atoms with Crippen LogP contribution in [0, 0.1) is 5.82 Å². The zero-order valence-corrected chi connectivity index (χ0v) is 12.3. The molecular formula is C14H7BrClFN2O. The Kier molecular flexibility index (Phi) is 3.31. The van der Waals surface area contributed by atoms with E-state index in [4.69, 9.17) is 11.6 Å². The summed E-state index contributed by atoms with van der Waals surface area (Å²) >= 11 is 9.32. The summed E-state index contributed by atoms with van der Waals surface area (Å²) < 4.78 is 14.4. The third-order valence-corrected chi connectivity index (χ3v) is 3.75. The van der Waals surface area contributed by atoms with Crippen molar-refractivity contribution in [2.45, 2.75) is 0 Å². The number of nitrogens with zero attached hydrogens (tertiary/aromatic N) is 1. The molecule has 20 heavy (non-hydrogen) atoms. The molecule has 0 unspecified atom stereocenters. The van der Waals surface area contributed by atoms with Crippen LogP contribution in [0.15, 0.2) is 41.1 Å². The van der Waals surface area contributed by atoms with Crippen molar-refractivity contribution in [2.24, 2.45) is 0 Å². The van der Waals surface area contributed by atoms with Gasteiger partial charge in [0.2, 0.25) is 0 Å². The van der Waals surface area contributed by atoms with E-state index in [9.17, 15) is 9.18 Å². The molecule has 0 amide bonds. The van der Waals surface area contributed by atoms with Gasteiger partial charge in [-0.1, -0.05) is 27.5 Å². The van der Waals surface area contributed by atoms with E-state index in [1.165, 1.54) is 30.6 Å². The molecule has 6 heteroatoms. The number of halogens is 3. The molecule has 1 aromatic carbocycles. The molecule has 3 rings (SSSR count). The van der Waals surface area contributed by atoms with Gasteiger partial charge in [-0.05, 0) is 24.3 Å². The number of aromatic nitrogens is 2. The van der Waals surface area contributed by atoms with Gasteiger partial charge in [0.1, 0.15) is 11.5 Å². The van der Waals surface area contributed by atoms with Crippen LogP contribution in [0.25, 0.3) is 11.0 Å². The number of carbonyl (C=O) groups is 1. The molecule has 2 heterocycles. The number of H-pyrrole nitrogens is 1. The first-order chi connectivity index (χ1) is 9.58. The van der Waals surface area contributed by atoms with Gasteiger partial charge in [0.25, 0.3) is 0 Å². The molecule has 3 nitrogen and oxygen atoms in total. The van der Waals surface area contributed by atoms with Gasteiger partial charge >= 0.3 is 0 Å². The first kappa shape index (κ1) is 13.3. The standard InChI is InChI=1S/C14H7BrClFN2O/c15-7-1-2-11(17)8(5-7)13(20)9-6-19-14-12(9)10(16)3-4-18-14/h1-6H,(H,18,19). The molecule has 0 aliphatic heterocycles. The average Bonchev–Trinajstić information content (AvgIpc) is 2.86. The lowest BCUT2D eigenvalue weighted by atomic mass is 10.0. The summed E-state index contributed by atoms with van der Waals surface area (Å²) in [5, 5.41) is 0.897. The molecule has 0 aliphatic rings. The number of hydrogen-bond donors (Lipinski definition) is 1. The zero-order chi connectivity index (χ0) is 14.3. The first-order valence-electron chi connectivity index (χ1n) is 5.69. The second-order valence-electron chi connectivity index (χ2n) is 4.17. The molecule has 3 aromatic rings. The monoisotopic (exact) mass is 352 g/mol. The zero-order valence-electron chi connectivity index (χ0n) is 9.95. The van der Waals surface area contributed by atoms with Gasteiger partial charge in [-0.2, -0.15) is 0 Å². The Labute approximate surface area is 126 Å². The van der Waals surface area contributed by atoms with Gasteiger partial charge in [-0.25, -0.2) is 9.37 Å². The number of hydrogen-bond acceptors (Lipinski definition) is 2. The largest absolute Gasteiger partial charge is 0.345 e. The Hall–Kier alpha value is -1.72. The molecule has 2 aromatic heterocycles. The summed E-state index contributed by atoms with van der Waals surface area (Å²) in [7, 11) is 0. The Morgan fingerprint density at radius 1 is 1.30 bits per heavy atom. The van der Waals surface area contributed by atoms with Crippen molar-refractivity contribution in [3.05, 3.63) is 63.1 Å². The lowest BCUT2D eigenvalue weighted by molar-refractivity contribution is 0.103. The normalized spacial score (nSPS) is 10.9. The number of carbonyl (C=O) groups excluding carboxylic acids is 1. The van der Waals surface area contributed by atoms with Crippen molar-refractivity contribution in [3.8, 4) is 0 Å². The second-order valence-corrected chi connectivity index (χ2v) is 5.49. The predicted octanol–water partition coefficient (Wildman–Crippen LogP) is 4.35. The van der Waals surface area contributed by atoms with Crippen LogP contribution in [-0.4, -0.2) is 15.8 Å². The van der Waals surface area contributed by atoms with E-state index in [0.717, 1.165) is 0 Å². The highest BCUT2D eigenvalue weighted by Gasteiger charge is 2.20. The van der Waals surface area contributed by atoms with Crippen LogP contribution < -0.4 is 0 Å².